The summed E-state index contributed by atoms with van der Waals surface area (Å²) in [6.45, 7) is 6.19. The van der Waals surface area contributed by atoms with E-state index in [9.17, 15) is 0 Å². The quantitative estimate of drug-likeness (QED) is 0.849. The molecule has 2 aromatic heterocycles. The standard InChI is InChI=1S/C14H22N4/c1-4-13(15-5-2)12-6-8-18(10-12)11-14-16-7-9-17(14)3/h6-10,13,15H,4-5,11H2,1-3H3. The molecule has 0 aliphatic rings. The van der Waals surface area contributed by atoms with Gasteiger partial charge < -0.3 is 14.5 Å². The van der Waals surface area contributed by atoms with E-state index in [-0.39, 0.29) is 0 Å². The molecule has 2 aromatic rings. The number of imidazole rings is 1. The van der Waals surface area contributed by atoms with Crippen molar-refractivity contribution >= 4 is 0 Å². The van der Waals surface area contributed by atoms with Gasteiger partial charge in [0.2, 0.25) is 0 Å². The summed E-state index contributed by atoms with van der Waals surface area (Å²) < 4.78 is 4.25. The highest BCUT2D eigenvalue weighted by atomic mass is 15.1. The highest BCUT2D eigenvalue weighted by molar-refractivity contribution is 5.16. The van der Waals surface area contributed by atoms with E-state index in [1.165, 1.54) is 5.56 Å². The van der Waals surface area contributed by atoms with E-state index in [0.29, 0.717) is 6.04 Å². The van der Waals surface area contributed by atoms with Crippen LogP contribution in [0.4, 0.5) is 0 Å². The molecule has 1 unspecified atom stereocenters. The van der Waals surface area contributed by atoms with Crippen molar-refractivity contribution in [2.24, 2.45) is 7.05 Å². The van der Waals surface area contributed by atoms with E-state index in [1.807, 2.05) is 19.4 Å². The summed E-state index contributed by atoms with van der Waals surface area (Å²) in [4.78, 5) is 4.35. The van der Waals surface area contributed by atoms with E-state index >= 15 is 0 Å². The number of aryl methyl sites for hydroxylation is 1. The average molecular weight is 246 g/mol. The maximum atomic E-state index is 4.35. The Hall–Kier alpha value is -1.55. The SMILES string of the molecule is CCNC(CC)c1ccn(Cc2nccn2C)c1. The van der Waals surface area contributed by atoms with Crippen LogP contribution in [0, 0.1) is 0 Å². The topological polar surface area (TPSA) is 34.8 Å². The zero-order valence-corrected chi connectivity index (χ0v) is 11.4. The Morgan fingerprint density at radius 1 is 1.33 bits per heavy atom. The molecule has 1 N–H and O–H groups in total. The lowest BCUT2D eigenvalue weighted by atomic mass is 10.1. The van der Waals surface area contributed by atoms with Crippen LogP contribution in [-0.2, 0) is 13.6 Å². The van der Waals surface area contributed by atoms with Crippen molar-refractivity contribution < 1.29 is 0 Å². The van der Waals surface area contributed by atoms with Crippen molar-refractivity contribution in [2.45, 2.75) is 32.9 Å². The minimum absolute atomic E-state index is 0.456. The second-order valence-electron chi connectivity index (χ2n) is 4.59. The van der Waals surface area contributed by atoms with Gasteiger partial charge in [0, 0.05) is 37.9 Å². The summed E-state index contributed by atoms with van der Waals surface area (Å²) in [5.74, 6) is 1.08. The summed E-state index contributed by atoms with van der Waals surface area (Å²) in [6.07, 6.45) is 9.27. The van der Waals surface area contributed by atoms with Gasteiger partial charge in [0.15, 0.2) is 0 Å². The van der Waals surface area contributed by atoms with Crippen LogP contribution < -0.4 is 5.32 Å². The van der Waals surface area contributed by atoms with Crippen molar-refractivity contribution in [3.63, 3.8) is 0 Å². The molecule has 98 valence electrons. The van der Waals surface area contributed by atoms with Gasteiger partial charge in [-0.3, -0.25) is 0 Å². The van der Waals surface area contributed by atoms with E-state index in [2.05, 4.69) is 51.7 Å². The van der Waals surface area contributed by atoms with Gasteiger partial charge in [-0.05, 0) is 24.6 Å². The van der Waals surface area contributed by atoms with Gasteiger partial charge in [-0.15, -0.1) is 0 Å². The number of nitrogens with one attached hydrogen (secondary N) is 1. The second kappa shape index (κ2) is 5.87. The van der Waals surface area contributed by atoms with Crippen molar-refractivity contribution in [1.29, 1.82) is 0 Å². The predicted octanol–water partition coefficient (Wildman–Crippen LogP) is 2.33. The zero-order valence-electron chi connectivity index (χ0n) is 11.4. The lowest BCUT2D eigenvalue weighted by Gasteiger charge is -2.13. The van der Waals surface area contributed by atoms with Crippen molar-refractivity contribution in [1.82, 2.24) is 19.4 Å². The van der Waals surface area contributed by atoms with Crippen molar-refractivity contribution in [3.05, 3.63) is 42.2 Å². The first-order chi connectivity index (χ1) is 8.74. The highest BCUT2D eigenvalue weighted by Gasteiger charge is 2.09. The molecule has 0 saturated heterocycles. The maximum absolute atomic E-state index is 4.35. The van der Waals surface area contributed by atoms with Crippen molar-refractivity contribution in [3.8, 4) is 0 Å². The Morgan fingerprint density at radius 3 is 2.78 bits per heavy atom. The Morgan fingerprint density at radius 2 is 2.17 bits per heavy atom. The smallest absolute Gasteiger partial charge is 0.128 e. The van der Waals surface area contributed by atoms with Crippen LogP contribution in [0.25, 0.3) is 0 Å². The van der Waals surface area contributed by atoms with Gasteiger partial charge in [0.1, 0.15) is 5.82 Å². The number of rotatable bonds is 6. The fourth-order valence-corrected chi connectivity index (χ4v) is 2.22. The largest absolute Gasteiger partial charge is 0.346 e. The predicted molar refractivity (Wildman–Crippen MR) is 73.5 cm³/mol. The summed E-state index contributed by atoms with van der Waals surface area (Å²) >= 11 is 0. The number of hydrogen-bond acceptors (Lipinski definition) is 2. The molecule has 0 amide bonds. The van der Waals surface area contributed by atoms with Gasteiger partial charge in [0.25, 0.3) is 0 Å². The lowest BCUT2D eigenvalue weighted by molar-refractivity contribution is 0.536. The molecule has 0 spiro atoms. The monoisotopic (exact) mass is 246 g/mol. The molecule has 0 radical (unpaired) electrons. The molecule has 2 rings (SSSR count). The van der Waals surface area contributed by atoms with Gasteiger partial charge in [0.05, 0.1) is 6.54 Å². The first kappa shape index (κ1) is 12.9. The van der Waals surface area contributed by atoms with E-state index < -0.39 is 0 Å². The fraction of sp³-hybridized carbons (Fsp3) is 0.500. The number of nitrogens with zero attached hydrogens (tertiary/aromatic N) is 3. The fourth-order valence-electron chi connectivity index (χ4n) is 2.22. The van der Waals surface area contributed by atoms with Crippen molar-refractivity contribution in [2.75, 3.05) is 6.54 Å². The van der Waals surface area contributed by atoms with Crippen LogP contribution in [0.5, 0.6) is 0 Å². The third kappa shape index (κ3) is 2.82. The van der Waals surface area contributed by atoms with Gasteiger partial charge >= 0.3 is 0 Å². The molecule has 0 aromatic carbocycles. The molecule has 0 aliphatic heterocycles. The third-order valence-electron chi connectivity index (χ3n) is 3.28. The molecule has 0 aliphatic carbocycles. The van der Waals surface area contributed by atoms with Crippen LogP contribution in [0.2, 0.25) is 0 Å². The molecule has 4 heteroatoms. The molecule has 4 nitrogen and oxygen atoms in total. The minimum Gasteiger partial charge on any atom is -0.346 e. The Labute approximate surface area is 109 Å². The molecular formula is C14H22N4. The molecule has 0 saturated carbocycles. The normalized spacial score (nSPS) is 12.8. The minimum atomic E-state index is 0.456. The molecule has 18 heavy (non-hydrogen) atoms. The number of aromatic nitrogens is 3. The van der Waals surface area contributed by atoms with Crippen LogP contribution in [0.3, 0.4) is 0 Å². The molecular weight excluding hydrogens is 224 g/mol. The van der Waals surface area contributed by atoms with E-state index in [0.717, 1.165) is 25.3 Å². The van der Waals surface area contributed by atoms with Crippen LogP contribution >= 0.6 is 0 Å². The summed E-state index contributed by atoms with van der Waals surface area (Å²) in [7, 11) is 2.03. The van der Waals surface area contributed by atoms with Gasteiger partial charge in [-0.2, -0.15) is 0 Å². The van der Waals surface area contributed by atoms with Crippen LogP contribution in [0.1, 0.15) is 37.7 Å². The first-order valence-corrected chi connectivity index (χ1v) is 6.59. The molecule has 0 bridgehead atoms. The first-order valence-electron chi connectivity index (χ1n) is 6.59. The second-order valence-corrected chi connectivity index (χ2v) is 4.59. The summed E-state index contributed by atoms with van der Waals surface area (Å²) in [6, 6.07) is 2.65. The maximum Gasteiger partial charge on any atom is 0.128 e. The summed E-state index contributed by atoms with van der Waals surface area (Å²) in [5, 5.41) is 3.50. The van der Waals surface area contributed by atoms with Crippen LogP contribution in [-0.4, -0.2) is 20.7 Å². The highest BCUT2D eigenvalue weighted by Crippen LogP contribution is 2.17. The van der Waals surface area contributed by atoms with Gasteiger partial charge in [-0.25, -0.2) is 4.98 Å². The zero-order chi connectivity index (χ0) is 13.0. The Kier molecular flexibility index (Phi) is 4.20. The number of hydrogen-bond donors (Lipinski definition) is 1. The molecule has 1 atom stereocenters. The Bertz CT molecular complexity index is 483. The van der Waals surface area contributed by atoms with E-state index in [4.69, 9.17) is 0 Å². The molecule has 2 heterocycles. The average Bonchev–Trinajstić information content (AvgIpc) is 2.97. The van der Waals surface area contributed by atoms with Gasteiger partial charge in [-0.1, -0.05) is 13.8 Å². The lowest BCUT2D eigenvalue weighted by Crippen LogP contribution is -2.19. The molecule has 0 fully saturated rings. The Balaban J connectivity index is 2.08. The summed E-state index contributed by atoms with van der Waals surface area (Å²) in [5.41, 5.74) is 1.36. The van der Waals surface area contributed by atoms with Crippen LogP contribution in [0.15, 0.2) is 30.9 Å². The van der Waals surface area contributed by atoms with E-state index in [1.54, 1.807) is 0 Å². The third-order valence-corrected chi connectivity index (χ3v) is 3.28.